The van der Waals surface area contributed by atoms with E-state index >= 15 is 0 Å². The molecule has 2 bridgehead atoms. The first-order valence-electron chi connectivity index (χ1n) is 7.30. The van der Waals surface area contributed by atoms with Gasteiger partial charge in [0.2, 0.25) is 0 Å². The van der Waals surface area contributed by atoms with E-state index in [1.54, 1.807) is 24.3 Å². The second-order valence-electron chi connectivity index (χ2n) is 5.82. The molecule has 6 heteroatoms. The van der Waals surface area contributed by atoms with E-state index in [0.717, 1.165) is 24.6 Å². The molecule has 0 spiro atoms. The van der Waals surface area contributed by atoms with Crippen molar-refractivity contribution < 1.29 is 13.2 Å². The minimum absolute atomic E-state index is 0.0617. The Morgan fingerprint density at radius 2 is 1.81 bits per heavy atom. The van der Waals surface area contributed by atoms with Crippen molar-refractivity contribution in [2.45, 2.75) is 35.8 Å². The second-order valence-corrected chi connectivity index (χ2v) is 6.96. The van der Waals surface area contributed by atoms with E-state index in [9.17, 15) is 13.2 Å². The molecule has 0 radical (unpaired) electrons. The summed E-state index contributed by atoms with van der Waals surface area (Å²) in [6.07, 6.45) is 2.53. The molecule has 1 N–H and O–H groups in total. The summed E-state index contributed by atoms with van der Waals surface area (Å²) >= 11 is -0.0617. The largest absolute Gasteiger partial charge is 0.446 e. The van der Waals surface area contributed by atoms with Crippen molar-refractivity contribution in [3.63, 3.8) is 0 Å². The van der Waals surface area contributed by atoms with Crippen LogP contribution in [0.3, 0.4) is 0 Å². The number of thioether (sulfide) groups is 1. The zero-order valence-corrected chi connectivity index (χ0v) is 12.5. The number of hydrogen-bond acceptors (Lipinski definition) is 3. The molecule has 3 saturated heterocycles. The summed E-state index contributed by atoms with van der Waals surface area (Å²) in [7, 11) is 0. The fourth-order valence-corrected chi connectivity index (χ4v) is 3.79. The van der Waals surface area contributed by atoms with E-state index in [1.807, 2.05) is 0 Å². The minimum Gasteiger partial charge on any atom is -0.308 e. The average molecular weight is 316 g/mol. The summed E-state index contributed by atoms with van der Waals surface area (Å²) in [5.41, 5.74) is -3.17. The highest BCUT2D eigenvalue weighted by atomic mass is 32.2. The van der Waals surface area contributed by atoms with Crippen LogP contribution in [0, 0.1) is 5.92 Å². The molecule has 1 unspecified atom stereocenters. The topological polar surface area (TPSA) is 15.3 Å². The molecule has 21 heavy (non-hydrogen) atoms. The summed E-state index contributed by atoms with van der Waals surface area (Å²) < 4.78 is 36.8. The lowest BCUT2D eigenvalue weighted by Crippen LogP contribution is -2.55. The van der Waals surface area contributed by atoms with Gasteiger partial charge in [0.05, 0.1) is 0 Å². The van der Waals surface area contributed by atoms with Crippen molar-refractivity contribution in [2.24, 2.45) is 5.92 Å². The molecule has 1 atom stereocenters. The third-order valence-electron chi connectivity index (χ3n) is 4.38. The Labute approximate surface area is 127 Å². The van der Waals surface area contributed by atoms with Gasteiger partial charge in [-0.3, -0.25) is 0 Å². The number of benzene rings is 1. The van der Waals surface area contributed by atoms with Crippen LogP contribution in [0.15, 0.2) is 29.2 Å². The Morgan fingerprint density at radius 1 is 1.14 bits per heavy atom. The molecule has 2 nitrogen and oxygen atoms in total. The van der Waals surface area contributed by atoms with Crippen molar-refractivity contribution in [3.8, 4) is 0 Å². The summed E-state index contributed by atoms with van der Waals surface area (Å²) in [5.74, 6) is 0.759. The molecule has 0 aliphatic carbocycles. The number of nitrogens with zero attached hydrogens (tertiary/aromatic N) is 1. The molecule has 116 valence electrons. The van der Waals surface area contributed by atoms with Gasteiger partial charge < -0.3 is 10.2 Å². The van der Waals surface area contributed by atoms with E-state index in [2.05, 4.69) is 10.2 Å². The van der Waals surface area contributed by atoms with Gasteiger partial charge in [-0.1, -0.05) is 12.1 Å². The molecule has 0 amide bonds. The van der Waals surface area contributed by atoms with Crippen molar-refractivity contribution in [1.82, 2.24) is 10.2 Å². The zero-order valence-electron chi connectivity index (χ0n) is 11.7. The molecule has 1 aromatic rings. The number of rotatable bonds is 4. The summed E-state index contributed by atoms with van der Waals surface area (Å²) in [6.45, 7) is 4.26. The van der Waals surface area contributed by atoms with E-state index < -0.39 is 5.51 Å². The van der Waals surface area contributed by atoms with Crippen LogP contribution in [-0.4, -0.2) is 36.1 Å². The van der Waals surface area contributed by atoms with Crippen LogP contribution < -0.4 is 5.32 Å². The number of hydrogen-bond donors (Lipinski definition) is 1. The molecule has 3 fully saturated rings. The van der Waals surface area contributed by atoms with Crippen LogP contribution in [-0.2, 0) is 6.54 Å². The number of piperidine rings is 3. The molecule has 0 saturated carbocycles. The molecular formula is C15H19F3N2S. The highest BCUT2D eigenvalue weighted by Gasteiger charge is 2.33. The van der Waals surface area contributed by atoms with E-state index in [4.69, 9.17) is 0 Å². The molecular weight excluding hydrogens is 297 g/mol. The predicted molar refractivity (Wildman–Crippen MR) is 78.1 cm³/mol. The fraction of sp³-hybridized carbons (Fsp3) is 0.600. The van der Waals surface area contributed by atoms with Crippen molar-refractivity contribution >= 4 is 11.8 Å². The molecule has 3 aliphatic rings. The first-order valence-corrected chi connectivity index (χ1v) is 8.12. The van der Waals surface area contributed by atoms with Gasteiger partial charge in [0.25, 0.3) is 0 Å². The Kier molecular flexibility index (Phi) is 4.47. The summed E-state index contributed by atoms with van der Waals surface area (Å²) in [5, 5.41) is 3.57. The Bertz CT molecular complexity index is 467. The normalized spacial score (nSPS) is 28.8. The second kappa shape index (κ2) is 6.18. The number of alkyl halides is 3. The van der Waals surface area contributed by atoms with Gasteiger partial charge in [-0.2, -0.15) is 13.2 Å². The van der Waals surface area contributed by atoms with Crippen LogP contribution in [0.1, 0.15) is 18.4 Å². The quantitative estimate of drug-likeness (QED) is 0.856. The summed E-state index contributed by atoms with van der Waals surface area (Å²) in [6, 6.07) is 7.18. The highest BCUT2D eigenvalue weighted by Crippen LogP contribution is 2.36. The van der Waals surface area contributed by atoms with Gasteiger partial charge in [0.15, 0.2) is 0 Å². The van der Waals surface area contributed by atoms with Crippen LogP contribution in [0.4, 0.5) is 13.2 Å². The van der Waals surface area contributed by atoms with Crippen molar-refractivity contribution in [1.29, 1.82) is 0 Å². The fourth-order valence-electron chi connectivity index (χ4n) is 3.25. The van der Waals surface area contributed by atoms with E-state index in [1.165, 1.54) is 25.9 Å². The molecule has 1 aromatic carbocycles. The van der Waals surface area contributed by atoms with Crippen LogP contribution in [0.5, 0.6) is 0 Å². The van der Waals surface area contributed by atoms with E-state index in [0.29, 0.717) is 6.04 Å². The number of nitrogens with one attached hydrogen (secondary N) is 1. The SMILES string of the molecule is FC(F)(F)Sc1ccc(CNC2CN3CCC2CC3)cc1. The van der Waals surface area contributed by atoms with Gasteiger partial charge in [-0.05, 0) is 61.3 Å². The number of fused-ring (bicyclic) bond motifs is 3. The lowest BCUT2D eigenvalue weighted by atomic mass is 9.84. The molecule has 4 rings (SSSR count). The minimum atomic E-state index is -4.21. The summed E-state index contributed by atoms with van der Waals surface area (Å²) in [4.78, 5) is 2.73. The van der Waals surface area contributed by atoms with Gasteiger partial charge in [0, 0.05) is 24.0 Å². The van der Waals surface area contributed by atoms with Gasteiger partial charge in [0.1, 0.15) is 0 Å². The molecule has 3 heterocycles. The standard InChI is InChI=1S/C15H19F3N2S/c16-15(17,18)21-13-3-1-11(2-4-13)9-19-14-10-20-7-5-12(14)6-8-20/h1-4,12,14,19H,5-10H2. The number of halogens is 3. The highest BCUT2D eigenvalue weighted by molar-refractivity contribution is 8.00. The third-order valence-corrected chi connectivity index (χ3v) is 5.12. The van der Waals surface area contributed by atoms with Crippen LogP contribution in [0.25, 0.3) is 0 Å². The van der Waals surface area contributed by atoms with Crippen molar-refractivity contribution in [2.75, 3.05) is 19.6 Å². The lowest BCUT2D eigenvalue weighted by molar-refractivity contribution is -0.0328. The molecule has 0 aromatic heterocycles. The zero-order chi connectivity index (χ0) is 14.9. The van der Waals surface area contributed by atoms with E-state index in [-0.39, 0.29) is 16.7 Å². The molecule has 3 aliphatic heterocycles. The van der Waals surface area contributed by atoms with Crippen LogP contribution in [0.2, 0.25) is 0 Å². The van der Waals surface area contributed by atoms with Gasteiger partial charge >= 0.3 is 5.51 Å². The Morgan fingerprint density at radius 3 is 2.33 bits per heavy atom. The first-order chi connectivity index (χ1) is 9.99. The van der Waals surface area contributed by atoms with Crippen molar-refractivity contribution in [3.05, 3.63) is 29.8 Å². The third kappa shape index (κ3) is 4.14. The maximum absolute atomic E-state index is 12.3. The maximum Gasteiger partial charge on any atom is 0.446 e. The average Bonchev–Trinajstić information content (AvgIpc) is 2.46. The first kappa shape index (κ1) is 15.2. The van der Waals surface area contributed by atoms with Crippen LogP contribution >= 0.6 is 11.8 Å². The Hall–Kier alpha value is -0.720. The van der Waals surface area contributed by atoms with Gasteiger partial charge in [-0.25, -0.2) is 0 Å². The van der Waals surface area contributed by atoms with Gasteiger partial charge in [-0.15, -0.1) is 0 Å². The Balaban J connectivity index is 1.51. The smallest absolute Gasteiger partial charge is 0.308 e. The monoisotopic (exact) mass is 316 g/mol. The predicted octanol–water partition coefficient (Wildman–Crippen LogP) is 3.48. The maximum atomic E-state index is 12.3. The lowest BCUT2D eigenvalue weighted by Gasteiger charge is -2.45.